The van der Waals surface area contributed by atoms with E-state index in [2.05, 4.69) is 12.6 Å². The zero-order chi connectivity index (χ0) is 9.68. The lowest BCUT2D eigenvalue weighted by Gasteiger charge is -2.03. The van der Waals surface area contributed by atoms with E-state index in [1.54, 1.807) is 0 Å². The molecule has 0 heterocycles. The summed E-state index contributed by atoms with van der Waals surface area (Å²) in [5.41, 5.74) is 2.32. The molecule has 0 saturated heterocycles. The van der Waals surface area contributed by atoms with E-state index >= 15 is 0 Å². The number of hydrogen-bond donors (Lipinski definition) is 0. The van der Waals surface area contributed by atoms with Gasteiger partial charge in [0.25, 0.3) is 0 Å². The molecule has 1 unspecified atom stereocenters. The van der Waals surface area contributed by atoms with E-state index in [4.69, 9.17) is 5.26 Å². The molecule has 1 nitrogen and oxygen atoms in total. The van der Waals surface area contributed by atoms with E-state index in [1.807, 2.05) is 37.3 Å². The van der Waals surface area contributed by atoms with Crippen LogP contribution in [0.4, 0.5) is 0 Å². The fraction of sp³-hybridized carbons (Fsp3) is 0.250. The van der Waals surface area contributed by atoms with Crippen molar-refractivity contribution >= 4 is 0 Å². The fourth-order valence-corrected chi connectivity index (χ4v) is 1.18. The van der Waals surface area contributed by atoms with Gasteiger partial charge in [-0.15, -0.1) is 6.58 Å². The second-order valence-electron chi connectivity index (χ2n) is 3.09. The van der Waals surface area contributed by atoms with Crippen LogP contribution in [0.1, 0.15) is 24.0 Å². The van der Waals surface area contributed by atoms with Crippen LogP contribution in [-0.2, 0) is 6.42 Å². The molecule has 1 atom stereocenters. The predicted molar refractivity (Wildman–Crippen MR) is 54.4 cm³/mol. The Balaban J connectivity index is 2.82. The van der Waals surface area contributed by atoms with E-state index in [0.29, 0.717) is 0 Å². The SMILES string of the molecule is C=CCc1ccc(C(C)C#N)cc1. The lowest BCUT2D eigenvalue weighted by molar-refractivity contribution is 0.979. The minimum atomic E-state index is -0.0159. The van der Waals surface area contributed by atoms with Gasteiger partial charge in [-0.05, 0) is 24.5 Å². The Hall–Kier alpha value is -1.55. The van der Waals surface area contributed by atoms with Crippen LogP contribution in [0.15, 0.2) is 36.9 Å². The van der Waals surface area contributed by atoms with Gasteiger partial charge in [-0.3, -0.25) is 0 Å². The summed E-state index contributed by atoms with van der Waals surface area (Å²) in [6.45, 7) is 5.58. The Labute approximate surface area is 79.3 Å². The molecule has 13 heavy (non-hydrogen) atoms. The van der Waals surface area contributed by atoms with E-state index < -0.39 is 0 Å². The maximum absolute atomic E-state index is 8.69. The van der Waals surface area contributed by atoms with Gasteiger partial charge in [0, 0.05) is 0 Å². The second-order valence-corrected chi connectivity index (χ2v) is 3.09. The largest absolute Gasteiger partial charge is 0.198 e. The monoisotopic (exact) mass is 171 g/mol. The normalized spacial score (nSPS) is 11.7. The Morgan fingerprint density at radius 3 is 2.54 bits per heavy atom. The van der Waals surface area contributed by atoms with E-state index in [1.165, 1.54) is 5.56 Å². The summed E-state index contributed by atoms with van der Waals surface area (Å²) in [4.78, 5) is 0. The highest BCUT2D eigenvalue weighted by Gasteiger charge is 2.01. The number of benzene rings is 1. The first kappa shape index (κ1) is 9.54. The molecular formula is C12H13N. The third kappa shape index (κ3) is 2.45. The fourth-order valence-electron chi connectivity index (χ4n) is 1.18. The van der Waals surface area contributed by atoms with Gasteiger partial charge in [0.2, 0.25) is 0 Å². The number of nitrogens with zero attached hydrogens (tertiary/aromatic N) is 1. The van der Waals surface area contributed by atoms with Crippen molar-refractivity contribution in [1.82, 2.24) is 0 Å². The van der Waals surface area contributed by atoms with Crippen molar-refractivity contribution in [2.75, 3.05) is 0 Å². The average molecular weight is 171 g/mol. The molecule has 0 bridgehead atoms. The second kappa shape index (κ2) is 4.47. The molecule has 0 fully saturated rings. The standard InChI is InChI=1S/C12H13N/c1-3-4-11-5-7-12(8-6-11)10(2)9-13/h3,5-8,10H,1,4H2,2H3. The molecule has 1 aromatic carbocycles. The van der Waals surface area contributed by atoms with Crippen molar-refractivity contribution in [3.63, 3.8) is 0 Å². The highest BCUT2D eigenvalue weighted by atomic mass is 14.3. The number of hydrogen-bond acceptors (Lipinski definition) is 1. The average Bonchev–Trinajstić information content (AvgIpc) is 2.18. The lowest BCUT2D eigenvalue weighted by atomic mass is 10.0. The third-order valence-electron chi connectivity index (χ3n) is 2.05. The smallest absolute Gasteiger partial charge is 0.0700 e. The molecule has 0 aliphatic heterocycles. The van der Waals surface area contributed by atoms with E-state index in [0.717, 1.165) is 12.0 Å². The van der Waals surface area contributed by atoms with E-state index in [9.17, 15) is 0 Å². The van der Waals surface area contributed by atoms with Crippen LogP contribution >= 0.6 is 0 Å². The van der Waals surface area contributed by atoms with Crippen LogP contribution in [0.2, 0.25) is 0 Å². The topological polar surface area (TPSA) is 23.8 Å². The number of rotatable bonds is 3. The molecule has 0 saturated carbocycles. The first-order valence-electron chi connectivity index (χ1n) is 4.37. The minimum absolute atomic E-state index is 0.0159. The van der Waals surface area contributed by atoms with Crippen LogP contribution in [-0.4, -0.2) is 0 Å². The Kier molecular flexibility index (Phi) is 3.28. The van der Waals surface area contributed by atoms with Gasteiger partial charge in [-0.2, -0.15) is 5.26 Å². The van der Waals surface area contributed by atoms with Crippen molar-refractivity contribution in [2.24, 2.45) is 0 Å². The molecule has 0 aromatic heterocycles. The summed E-state index contributed by atoms with van der Waals surface area (Å²) in [6.07, 6.45) is 2.77. The van der Waals surface area contributed by atoms with Crippen LogP contribution in [0, 0.1) is 11.3 Å². The van der Waals surface area contributed by atoms with Gasteiger partial charge in [-0.25, -0.2) is 0 Å². The summed E-state index contributed by atoms with van der Waals surface area (Å²) < 4.78 is 0. The van der Waals surface area contributed by atoms with Crippen molar-refractivity contribution in [3.8, 4) is 6.07 Å². The molecule has 1 rings (SSSR count). The Morgan fingerprint density at radius 2 is 2.08 bits per heavy atom. The van der Waals surface area contributed by atoms with Gasteiger partial charge in [0.05, 0.1) is 12.0 Å². The van der Waals surface area contributed by atoms with Gasteiger partial charge in [0.15, 0.2) is 0 Å². The Bertz CT molecular complexity index is 316. The summed E-state index contributed by atoms with van der Waals surface area (Å²) in [5.74, 6) is -0.0159. The van der Waals surface area contributed by atoms with Gasteiger partial charge < -0.3 is 0 Å². The number of nitriles is 1. The summed E-state index contributed by atoms with van der Waals surface area (Å²) in [7, 11) is 0. The Morgan fingerprint density at radius 1 is 1.46 bits per heavy atom. The zero-order valence-electron chi connectivity index (χ0n) is 7.83. The van der Waals surface area contributed by atoms with Gasteiger partial charge in [-0.1, -0.05) is 30.3 Å². The quantitative estimate of drug-likeness (QED) is 0.641. The van der Waals surface area contributed by atoms with Crippen LogP contribution in [0.3, 0.4) is 0 Å². The first-order chi connectivity index (χ1) is 6.27. The van der Waals surface area contributed by atoms with Crippen molar-refractivity contribution in [2.45, 2.75) is 19.3 Å². The highest BCUT2D eigenvalue weighted by Crippen LogP contribution is 2.14. The molecule has 0 amide bonds. The van der Waals surface area contributed by atoms with Crippen molar-refractivity contribution in [3.05, 3.63) is 48.0 Å². The van der Waals surface area contributed by atoms with Crippen molar-refractivity contribution < 1.29 is 0 Å². The molecule has 0 radical (unpaired) electrons. The zero-order valence-corrected chi connectivity index (χ0v) is 7.83. The van der Waals surface area contributed by atoms with E-state index in [-0.39, 0.29) is 5.92 Å². The molecule has 1 heteroatoms. The maximum atomic E-state index is 8.69. The molecule has 0 spiro atoms. The van der Waals surface area contributed by atoms with Crippen LogP contribution < -0.4 is 0 Å². The maximum Gasteiger partial charge on any atom is 0.0700 e. The summed E-state index contributed by atoms with van der Waals surface area (Å²) in [6, 6.07) is 10.3. The van der Waals surface area contributed by atoms with Crippen LogP contribution in [0.5, 0.6) is 0 Å². The summed E-state index contributed by atoms with van der Waals surface area (Å²) in [5, 5.41) is 8.69. The molecule has 66 valence electrons. The van der Waals surface area contributed by atoms with Gasteiger partial charge >= 0.3 is 0 Å². The lowest BCUT2D eigenvalue weighted by Crippen LogP contribution is -1.89. The first-order valence-corrected chi connectivity index (χ1v) is 4.37. The molecule has 0 aliphatic carbocycles. The molecule has 0 aliphatic rings. The minimum Gasteiger partial charge on any atom is -0.198 e. The van der Waals surface area contributed by atoms with Crippen LogP contribution in [0.25, 0.3) is 0 Å². The highest BCUT2D eigenvalue weighted by molar-refractivity contribution is 5.28. The predicted octanol–water partition coefficient (Wildman–Crippen LogP) is 3.04. The van der Waals surface area contributed by atoms with Gasteiger partial charge in [0.1, 0.15) is 0 Å². The summed E-state index contributed by atoms with van der Waals surface area (Å²) >= 11 is 0. The molecule has 1 aromatic rings. The third-order valence-corrected chi connectivity index (χ3v) is 2.05. The molecular weight excluding hydrogens is 158 g/mol. The number of allylic oxidation sites excluding steroid dienone is 1. The molecule has 0 N–H and O–H groups in total. The van der Waals surface area contributed by atoms with Crippen molar-refractivity contribution in [1.29, 1.82) is 5.26 Å².